The molecule has 4 heteroatoms. The van der Waals surface area contributed by atoms with Crippen LogP contribution in [0.15, 0.2) is 6.20 Å². The van der Waals surface area contributed by atoms with Crippen molar-refractivity contribution in [1.29, 1.82) is 0 Å². The minimum absolute atomic E-state index is 0.418. The van der Waals surface area contributed by atoms with E-state index < -0.39 is 0 Å². The molecule has 0 bridgehead atoms. The van der Waals surface area contributed by atoms with E-state index in [2.05, 4.69) is 24.1 Å². The molecule has 80 valence electrons. The molecule has 14 heavy (non-hydrogen) atoms. The molecule has 1 aromatic heterocycles. The van der Waals surface area contributed by atoms with Crippen molar-refractivity contribution in [1.82, 2.24) is 10.3 Å². The van der Waals surface area contributed by atoms with Crippen LogP contribution in [0, 0.1) is 0 Å². The maximum absolute atomic E-state index is 4.35. The molecule has 0 saturated carbocycles. The van der Waals surface area contributed by atoms with E-state index in [0.717, 1.165) is 11.7 Å². The maximum Gasteiger partial charge on any atom is 0.185 e. The minimum Gasteiger partial charge on any atom is -0.354 e. The van der Waals surface area contributed by atoms with Crippen molar-refractivity contribution in [3.8, 4) is 0 Å². The van der Waals surface area contributed by atoms with Gasteiger partial charge in [-0.15, -0.1) is 11.3 Å². The molecule has 1 atom stereocenters. The molecular weight excluding hydrogens is 194 g/mol. The quantitative estimate of drug-likeness (QED) is 0.813. The Hall–Kier alpha value is -0.610. The van der Waals surface area contributed by atoms with Crippen LogP contribution < -0.4 is 10.2 Å². The minimum atomic E-state index is 0.418. The van der Waals surface area contributed by atoms with Gasteiger partial charge in [-0.1, -0.05) is 6.92 Å². The summed E-state index contributed by atoms with van der Waals surface area (Å²) in [4.78, 5) is 7.70. The van der Waals surface area contributed by atoms with Crippen molar-refractivity contribution >= 4 is 16.5 Å². The first-order valence-corrected chi connectivity index (χ1v) is 5.83. The van der Waals surface area contributed by atoms with Crippen LogP contribution in [-0.4, -0.2) is 25.6 Å². The molecule has 0 aliphatic carbocycles. The monoisotopic (exact) mass is 213 g/mol. The molecule has 3 nitrogen and oxygen atoms in total. The number of hydrogen-bond donors (Lipinski definition) is 1. The van der Waals surface area contributed by atoms with Gasteiger partial charge in [0.15, 0.2) is 5.13 Å². The zero-order valence-electron chi connectivity index (χ0n) is 9.37. The van der Waals surface area contributed by atoms with E-state index >= 15 is 0 Å². The van der Waals surface area contributed by atoms with Crippen LogP contribution in [0.5, 0.6) is 0 Å². The summed E-state index contributed by atoms with van der Waals surface area (Å²) in [7, 11) is 4.04. The van der Waals surface area contributed by atoms with E-state index in [9.17, 15) is 0 Å². The molecule has 1 heterocycles. The summed E-state index contributed by atoms with van der Waals surface area (Å²) in [6, 6.07) is 0.418. The standard InChI is InChI=1S/C10H19N3S/c1-5-6-11-8(2)9-7-12-10(14-9)13(3)4/h7-8,11H,5-6H2,1-4H3. The van der Waals surface area contributed by atoms with Crippen LogP contribution in [0.1, 0.15) is 31.2 Å². The maximum atomic E-state index is 4.35. The molecule has 0 fully saturated rings. The second-order valence-electron chi connectivity index (χ2n) is 3.62. The number of thiazole rings is 1. The lowest BCUT2D eigenvalue weighted by molar-refractivity contribution is 0.577. The second-order valence-corrected chi connectivity index (χ2v) is 4.66. The predicted molar refractivity (Wildman–Crippen MR) is 63.1 cm³/mol. The first kappa shape index (κ1) is 11.5. The highest BCUT2D eigenvalue weighted by atomic mass is 32.1. The first-order chi connectivity index (χ1) is 6.65. The molecule has 0 aliphatic rings. The summed E-state index contributed by atoms with van der Waals surface area (Å²) >= 11 is 1.75. The van der Waals surface area contributed by atoms with Crippen molar-refractivity contribution in [2.75, 3.05) is 25.5 Å². The molecule has 1 rings (SSSR count). The Kier molecular flexibility index (Phi) is 4.35. The average Bonchev–Trinajstić information content (AvgIpc) is 2.62. The van der Waals surface area contributed by atoms with E-state index in [1.165, 1.54) is 11.3 Å². The highest BCUT2D eigenvalue weighted by Gasteiger charge is 2.09. The largest absolute Gasteiger partial charge is 0.354 e. The van der Waals surface area contributed by atoms with Crippen molar-refractivity contribution in [3.63, 3.8) is 0 Å². The van der Waals surface area contributed by atoms with Gasteiger partial charge >= 0.3 is 0 Å². The number of hydrogen-bond acceptors (Lipinski definition) is 4. The number of anilines is 1. The molecule has 1 unspecified atom stereocenters. The van der Waals surface area contributed by atoms with Gasteiger partial charge in [-0.05, 0) is 19.9 Å². The number of aromatic nitrogens is 1. The fourth-order valence-corrected chi connectivity index (χ4v) is 2.01. The Labute approximate surface area is 90.2 Å². The zero-order chi connectivity index (χ0) is 10.6. The van der Waals surface area contributed by atoms with E-state index in [4.69, 9.17) is 0 Å². The van der Waals surface area contributed by atoms with Crippen LogP contribution in [-0.2, 0) is 0 Å². The third-order valence-corrected chi connectivity index (χ3v) is 3.37. The summed E-state index contributed by atoms with van der Waals surface area (Å²) in [6.45, 7) is 5.43. The summed E-state index contributed by atoms with van der Waals surface area (Å²) in [5.41, 5.74) is 0. The van der Waals surface area contributed by atoms with Gasteiger partial charge < -0.3 is 10.2 Å². The summed E-state index contributed by atoms with van der Waals surface area (Å²) in [6.07, 6.45) is 3.14. The Bertz CT molecular complexity index is 270. The molecule has 0 amide bonds. The van der Waals surface area contributed by atoms with Crippen LogP contribution in [0.3, 0.4) is 0 Å². The first-order valence-electron chi connectivity index (χ1n) is 5.01. The Morgan fingerprint density at radius 2 is 2.29 bits per heavy atom. The lowest BCUT2D eigenvalue weighted by atomic mass is 10.3. The Morgan fingerprint density at radius 1 is 1.57 bits per heavy atom. The van der Waals surface area contributed by atoms with E-state index in [1.54, 1.807) is 11.3 Å². The van der Waals surface area contributed by atoms with Gasteiger partial charge in [0.2, 0.25) is 0 Å². The van der Waals surface area contributed by atoms with Crippen molar-refractivity contribution in [2.24, 2.45) is 0 Å². The molecule has 0 aliphatic heterocycles. The van der Waals surface area contributed by atoms with E-state index in [1.807, 2.05) is 25.2 Å². The van der Waals surface area contributed by atoms with Gasteiger partial charge in [0, 0.05) is 31.2 Å². The van der Waals surface area contributed by atoms with Crippen LogP contribution in [0.25, 0.3) is 0 Å². The molecule has 1 N–H and O–H groups in total. The van der Waals surface area contributed by atoms with Gasteiger partial charge in [-0.25, -0.2) is 4.98 Å². The van der Waals surface area contributed by atoms with Crippen molar-refractivity contribution in [2.45, 2.75) is 26.3 Å². The summed E-state index contributed by atoms with van der Waals surface area (Å²) in [5, 5.41) is 4.53. The third-order valence-electron chi connectivity index (χ3n) is 2.02. The highest BCUT2D eigenvalue weighted by molar-refractivity contribution is 7.15. The van der Waals surface area contributed by atoms with Crippen LogP contribution >= 0.6 is 11.3 Å². The van der Waals surface area contributed by atoms with Gasteiger partial charge in [0.05, 0.1) is 0 Å². The lowest BCUT2D eigenvalue weighted by Crippen LogP contribution is -2.18. The van der Waals surface area contributed by atoms with Gasteiger partial charge in [0.1, 0.15) is 0 Å². The fraction of sp³-hybridized carbons (Fsp3) is 0.700. The second kappa shape index (κ2) is 5.32. The Morgan fingerprint density at radius 3 is 2.79 bits per heavy atom. The smallest absolute Gasteiger partial charge is 0.185 e. The highest BCUT2D eigenvalue weighted by Crippen LogP contribution is 2.25. The SMILES string of the molecule is CCCNC(C)c1cnc(N(C)C)s1. The zero-order valence-corrected chi connectivity index (χ0v) is 10.2. The lowest BCUT2D eigenvalue weighted by Gasteiger charge is -2.10. The topological polar surface area (TPSA) is 28.2 Å². The summed E-state index contributed by atoms with van der Waals surface area (Å²) in [5.74, 6) is 0. The molecule has 0 radical (unpaired) electrons. The van der Waals surface area contributed by atoms with E-state index in [-0.39, 0.29) is 0 Å². The molecule has 1 aromatic rings. The molecule has 0 aromatic carbocycles. The number of nitrogens with one attached hydrogen (secondary N) is 1. The van der Waals surface area contributed by atoms with Crippen molar-refractivity contribution in [3.05, 3.63) is 11.1 Å². The van der Waals surface area contributed by atoms with Crippen LogP contribution in [0.4, 0.5) is 5.13 Å². The fourth-order valence-electron chi connectivity index (χ4n) is 1.15. The average molecular weight is 213 g/mol. The van der Waals surface area contributed by atoms with E-state index in [0.29, 0.717) is 6.04 Å². The van der Waals surface area contributed by atoms with Gasteiger partial charge in [-0.3, -0.25) is 0 Å². The predicted octanol–water partition coefficient (Wildman–Crippen LogP) is 2.27. The van der Waals surface area contributed by atoms with Gasteiger partial charge in [-0.2, -0.15) is 0 Å². The normalized spacial score (nSPS) is 12.9. The molecule has 0 saturated heterocycles. The molecular formula is C10H19N3S. The number of nitrogens with zero attached hydrogens (tertiary/aromatic N) is 2. The third kappa shape index (κ3) is 2.96. The Balaban J connectivity index is 2.57. The van der Waals surface area contributed by atoms with Crippen molar-refractivity contribution < 1.29 is 0 Å². The summed E-state index contributed by atoms with van der Waals surface area (Å²) < 4.78 is 0. The van der Waals surface area contributed by atoms with Crippen LogP contribution in [0.2, 0.25) is 0 Å². The number of rotatable bonds is 5. The molecule has 0 spiro atoms. The van der Waals surface area contributed by atoms with Gasteiger partial charge in [0.25, 0.3) is 0 Å².